The Morgan fingerprint density at radius 1 is 1.29 bits per heavy atom. The van der Waals surface area contributed by atoms with Crippen LogP contribution in [0.15, 0.2) is 22.6 Å². The molecule has 0 radical (unpaired) electrons. The van der Waals surface area contributed by atoms with Gasteiger partial charge in [-0.15, -0.1) is 0 Å². The zero-order chi connectivity index (χ0) is 15.4. The molecule has 0 aliphatic rings. The highest BCUT2D eigenvalue weighted by Gasteiger charge is 2.16. The number of rotatable bonds is 6. The number of aryl methyl sites for hydroxylation is 2. The summed E-state index contributed by atoms with van der Waals surface area (Å²) in [6, 6.07) is 5.82. The van der Waals surface area contributed by atoms with E-state index in [0.29, 0.717) is 12.3 Å². The predicted molar refractivity (Wildman–Crippen MR) is 85.5 cm³/mol. The molecular weight excluding hydrogens is 264 g/mol. The molecule has 2 rings (SSSR count). The van der Waals surface area contributed by atoms with Gasteiger partial charge in [0.25, 0.3) is 5.91 Å². The van der Waals surface area contributed by atoms with E-state index < -0.39 is 0 Å². The Morgan fingerprint density at radius 2 is 2.00 bits per heavy atom. The van der Waals surface area contributed by atoms with Crippen LogP contribution >= 0.6 is 0 Å². The average molecular weight is 288 g/mol. The van der Waals surface area contributed by atoms with Crippen molar-refractivity contribution < 1.29 is 9.21 Å². The number of carbonyl (C=O) groups is 1. The van der Waals surface area contributed by atoms with E-state index in [4.69, 9.17) is 10.2 Å². The summed E-state index contributed by atoms with van der Waals surface area (Å²) in [6.07, 6.45) is 3.05. The van der Waals surface area contributed by atoms with Crippen LogP contribution in [0, 0.1) is 13.8 Å². The lowest BCUT2D eigenvalue weighted by Crippen LogP contribution is -2.40. The summed E-state index contributed by atoms with van der Waals surface area (Å²) in [5, 5.41) is 3.91. The van der Waals surface area contributed by atoms with Crippen molar-refractivity contribution in [3.63, 3.8) is 0 Å². The molecule has 1 amide bonds. The van der Waals surface area contributed by atoms with Gasteiger partial charge < -0.3 is 15.5 Å². The molecule has 0 saturated carbocycles. The molecule has 114 valence electrons. The van der Waals surface area contributed by atoms with E-state index in [1.54, 1.807) is 6.07 Å². The van der Waals surface area contributed by atoms with Crippen LogP contribution in [0.5, 0.6) is 0 Å². The molecule has 2 aromatic rings. The Kier molecular flexibility index (Phi) is 5.02. The van der Waals surface area contributed by atoms with Crippen LogP contribution in [0.2, 0.25) is 0 Å². The highest BCUT2D eigenvalue weighted by molar-refractivity contribution is 5.96. The van der Waals surface area contributed by atoms with Crippen LogP contribution in [-0.4, -0.2) is 18.5 Å². The third kappa shape index (κ3) is 3.64. The molecule has 4 nitrogen and oxygen atoms in total. The average Bonchev–Trinajstić information content (AvgIpc) is 2.86. The van der Waals surface area contributed by atoms with E-state index in [0.717, 1.165) is 35.8 Å². The summed E-state index contributed by atoms with van der Waals surface area (Å²) >= 11 is 0. The summed E-state index contributed by atoms with van der Waals surface area (Å²) < 4.78 is 5.66. The third-order valence-corrected chi connectivity index (χ3v) is 3.88. The fourth-order valence-electron chi connectivity index (χ4n) is 2.37. The Bertz CT molecular complexity index is 592. The first-order valence-corrected chi connectivity index (χ1v) is 7.56. The maximum atomic E-state index is 12.3. The lowest BCUT2D eigenvalue weighted by Gasteiger charge is -2.15. The van der Waals surface area contributed by atoms with Crippen LogP contribution in [-0.2, 0) is 0 Å². The SMILES string of the molecule is CCCCC(CN)NC(=O)c1cc2cc(C)c(C)cc2o1. The summed E-state index contributed by atoms with van der Waals surface area (Å²) in [4.78, 5) is 12.3. The second-order valence-corrected chi connectivity index (χ2v) is 5.63. The van der Waals surface area contributed by atoms with Gasteiger partial charge >= 0.3 is 0 Å². The maximum absolute atomic E-state index is 12.3. The van der Waals surface area contributed by atoms with Gasteiger partial charge in [-0.2, -0.15) is 0 Å². The largest absolute Gasteiger partial charge is 0.451 e. The van der Waals surface area contributed by atoms with Crippen molar-refractivity contribution in [2.45, 2.75) is 46.1 Å². The highest BCUT2D eigenvalue weighted by Crippen LogP contribution is 2.23. The molecule has 0 spiro atoms. The number of amides is 1. The smallest absolute Gasteiger partial charge is 0.287 e. The van der Waals surface area contributed by atoms with Crippen LogP contribution in [0.1, 0.15) is 47.9 Å². The van der Waals surface area contributed by atoms with Crippen LogP contribution < -0.4 is 11.1 Å². The quantitative estimate of drug-likeness (QED) is 0.857. The standard InChI is InChI=1S/C17H24N2O2/c1-4-5-6-14(10-18)19-17(20)16-9-13-7-11(2)12(3)8-15(13)21-16/h7-9,14H,4-6,10,18H2,1-3H3,(H,19,20). The molecule has 1 unspecified atom stereocenters. The number of nitrogens with two attached hydrogens (primary N) is 1. The molecule has 3 N–H and O–H groups in total. The first-order chi connectivity index (χ1) is 10.0. The minimum absolute atomic E-state index is 0.00846. The van der Waals surface area contributed by atoms with Gasteiger partial charge in [0.05, 0.1) is 0 Å². The number of nitrogens with one attached hydrogen (secondary N) is 1. The van der Waals surface area contributed by atoms with Crippen molar-refractivity contribution in [2.24, 2.45) is 5.73 Å². The first kappa shape index (κ1) is 15.6. The first-order valence-electron chi connectivity index (χ1n) is 7.56. The molecule has 1 heterocycles. The predicted octanol–water partition coefficient (Wildman–Crippen LogP) is 3.30. The molecule has 1 atom stereocenters. The number of fused-ring (bicyclic) bond motifs is 1. The maximum Gasteiger partial charge on any atom is 0.287 e. The van der Waals surface area contributed by atoms with Gasteiger partial charge in [-0.1, -0.05) is 19.8 Å². The molecule has 1 aromatic carbocycles. The Morgan fingerprint density at radius 3 is 2.67 bits per heavy atom. The van der Waals surface area contributed by atoms with Gasteiger partial charge in [0.15, 0.2) is 5.76 Å². The number of hydrogen-bond donors (Lipinski definition) is 2. The number of carbonyl (C=O) groups excluding carboxylic acids is 1. The highest BCUT2D eigenvalue weighted by atomic mass is 16.3. The van der Waals surface area contributed by atoms with E-state index in [1.807, 2.05) is 19.1 Å². The number of unbranched alkanes of at least 4 members (excludes halogenated alkanes) is 1. The van der Waals surface area contributed by atoms with Crippen LogP contribution in [0.25, 0.3) is 11.0 Å². The monoisotopic (exact) mass is 288 g/mol. The third-order valence-electron chi connectivity index (χ3n) is 3.88. The van der Waals surface area contributed by atoms with E-state index in [9.17, 15) is 4.79 Å². The van der Waals surface area contributed by atoms with Crippen molar-refractivity contribution in [3.8, 4) is 0 Å². The zero-order valence-electron chi connectivity index (χ0n) is 13.0. The fraction of sp³-hybridized carbons (Fsp3) is 0.471. The number of furan rings is 1. The molecule has 0 bridgehead atoms. The Hall–Kier alpha value is -1.81. The molecule has 1 aromatic heterocycles. The van der Waals surface area contributed by atoms with Gasteiger partial charge in [0.2, 0.25) is 0 Å². The van der Waals surface area contributed by atoms with Crippen molar-refractivity contribution in [1.82, 2.24) is 5.32 Å². The second kappa shape index (κ2) is 6.76. The van der Waals surface area contributed by atoms with E-state index >= 15 is 0 Å². The summed E-state index contributed by atoms with van der Waals surface area (Å²) in [5.41, 5.74) is 8.81. The normalized spacial score (nSPS) is 12.6. The lowest BCUT2D eigenvalue weighted by molar-refractivity contribution is 0.0910. The van der Waals surface area contributed by atoms with E-state index in [1.165, 1.54) is 5.56 Å². The fourth-order valence-corrected chi connectivity index (χ4v) is 2.37. The second-order valence-electron chi connectivity index (χ2n) is 5.63. The zero-order valence-corrected chi connectivity index (χ0v) is 13.0. The van der Waals surface area contributed by atoms with Crippen LogP contribution in [0.4, 0.5) is 0 Å². The van der Waals surface area contributed by atoms with Crippen LogP contribution in [0.3, 0.4) is 0 Å². The van der Waals surface area contributed by atoms with Gasteiger partial charge in [0, 0.05) is 18.0 Å². The minimum atomic E-state index is -0.187. The molecular formula is C17H24N2O2. The minimum Gasteiger partial charge on any atom is -0.451 e. The van der Waals surface area contributed by atoms with Gasteiger partial charge in [-0.3, -0.25) is 4.79 Å². The molecule has 0 aliphatic carbocycles. The summed E-state index contributed by atoms with van der Waals surface area (Å²) in [7, 11) is 0. The molecule has 4 heteroatoms. The summed E-state index contributed by atoms with van der Waals surface area (Å²) in [5.74, 6) is 0.165. The van der Waals surface area contributed by atoms with Gasteiger partial charge in [-0.25, -0.2) is 0 Å². The van der Waals surface area contributed by atoms with Crippen molar-refractivity contribution in [2.75, 3.05) is 6.54 Å². The lowest BCUT2D eigenvalue weighted by atomic mass is 10.1. The Balaban J connectivity index is 2.15. The summed E-state index contributed by atoms with van der Waals surface area (Å²) in [6.45, 7) is 6.66. The Labute approximate surface area is 125 Å². The molecule has 0 aliphatic heterocycles. The topological polar surface area (TPSA) is 68.3 Å². The van der Waals surface area contributed by atoms with Crippen molar-refractivity contribution in [3.05, 3.63) is 35.1 Å². The van der Waals surface area contributed by atoms with Crippen molar-refractivity contribution in [1.29, 1.82) is 0 Å². The van der Waals surface area contributed by atoms with Crippen molar-refractivity contribution >= 4 is 16.9 Å². The number of hydrogen-bond acceptors (Lipinski definition) is 3. The number of benzene rings is 1. The molecule has 21 heavy (non-hydrogen) atoms. The van der Waals surface area contributed by atoms with Gasteiger partial charge in [0.1, 0.15) is 5.58 Å². The molecule has 0 saturated heterocycles. The van der Waals surface area contributed by atoms with E-state index in [-0.39, 0.29) is 11.9 Å². The van der Waals surface area contributed by atoms with Gasteiger partial charge in [-0.05, 0) is 49.6 Å². The molecule has 0 fully saturated rings. The van der Waals surface area contributed by atoms with E-state index in [2.05, 4.69) is 19.2 Å².